The van der Waals surface area contributed by atoms with Gasteiger partial charge in [0.05, 0.1) is 10.6 Å². The van der Waals surface area contributed by atoms with E-state index in [2.05, 4.69) is 4.98 Å². The smallest absolute Gasteiger partial charge is 0.123 e. The first-order chi connectivity index (χ1) is 7.58. The Hall–Kier alpha value is -1.26. The summed E-state index contributed by atoms with van der Waals surface area (Å²) in [7, 11) is 0. The van der Waals surface area contributed by atoms with E-state index in [-0.39, 0.29) is 5.82 Å². The molecule has 0 spiro atoms. The molecule has 0 amide bonds. The van der Waals surface area contributed by atoms with Gasteiger partial charge in [0, 0.05) is 18.0 Å². The van der Waals surface area contributed by atoms with Gasteiger partial charge in [-0.2, -0.15) is 0 Å². The van der Waals surface area contributed by atoms with Gasteiger partial charge in [0.15, 0.2) is 0 Å². The molecular formula is C12H12FNOS. The fourth-order valence-electron chi connectivity index (χ4n) is 1.56. The van der Waals surface area contributed by atoms with E-state index in [1.165, 1.54) is 23.5 Å². The normalized spacial score (nSPS) is 14.7. The van der Waals surface area contributed by atoms with Crippen molar-refractivity contribution in [3.05, 3.63) is 52.2 Å². The van der Waals surface area contributed by atoms with Gasteiger partial charge in [0.2, 0.25) is 0 Å². The van der Waals surface area contributed by atoms with Crippen LogP contribution in [0.15, 0.2) is 35.8 Å². The molecule has 0 saturated heterocycles. The maximum Gasteiger partial charge on any atom is 0.123 e. The lowest BCUT2D eigenvalue weighted by atomic mass is 9.93. The maximum atomic E-state index is 13.1. The third-order valence-electron chi connectivity index (χ3n) is 2.43. The summed E-state index contributed by atoms with van der Waals surface area (Å²) in [6, 6.07) is 6.04. The Morgan fingerprint density at radius 1 is 1.50 bits per heavy atom. The van der Waals surface area contributed by atoms with Crippen LogP contribution in [0, 0.1) is 5.82 Å². The lowest BCUT2D eigenvalue weighted by molar-refractivity contribution is 0.0572. The number of rotatable bonds is 3. The summed E-state index contributed by atoms with van der Waals surface area (Å²) in [5.41, 5.74) is -0.511. The van der Waals surface area contributed by atoms with Gasteiger partial charge in [-0.05, 0) is 24.6 Å². The molecule has 16 heavy (non-hydrogen) atoms. The third kappa shape index (κ3) is 2.46. The van der Waals surface area contributed by atoms with Crippen LogP contribution in [0.2, 0.25) is 0 Å². The van der Waals surface area contributed by atoms with Crippen LogP contribution in [0.1, 0.15) is 17.5 Å². The molecule has 1 unspecified atom stereocenters. The molecule has 4 heteroatoms. The number of thiazole rings is 1. The highest BCUT2D eigenvalue weighted by Gasteiger charge is 2.25. The summed E-state index contributed by atoms with van der Waals surface area (Å²) in [4.78, 5) is 4.11. The first-order valence-electron chi connectivity index (χ1n) is 4.95. The van der Waals surface area contributed by atoms with Crippen LogP contribution in [-0.2, 0) is 12.0 Å². The van der Waals surface area contributed by atoms with Crippen molar-refractivity contribution in [2.24, 2.45) is 0 Å². The molecule has 0 fully saturated rings. The molecule has 0 saturated carbocycles. The topological polar surface area (TPSA) is 33.1 Å². The molecule has 0 aliphatic rings. The Kier molecular flexibility index (Phi) is 3.03. The quantitative estimate of drug-likeness (QED) is 0.890. The van der Waals surface area contributed by atoms with Crippen LogP contribution < -0.4 is 0 Å². The lowest BCUT2D eigenvalue weighted by Gasteiger charge is -2.22. The Morgan fingerprint density at radius 2 is 2.31 bits per heavy atom. The van der Waals surface area contributed by atoms with Crippen molar-refractivity contribution < 1.29 is 9.50 Å². The number of aromatic nitrogens is 1. The monoisotopic (exact) mass is 237 g/mol. The fraction of sp³-hybridized carbons (Fsp3) is 0.250. The largest absolute Gasteiger partial charge is 0.385 e. The average Bonchev–Trinajstić information content (AvgIpc) is 2.70. The van der Waals surface area contributed by atoms with E-state index in [1.54, 1.807) is 25.3 Å². The summed E-state index contributed by atoms with van der Waals surface area (Å²) in [6.45, 7) is 1.67. The van der Waals surface area contributed by atoms with Crippen molar-refractivity contribution in [3.8, 4) is 0 Å². The van der Waals surface area contributed by atoms with E-state index in [9.17, 15) is 9.50 Å². The van der Waals surface area contributed by atoms with Crippen molar-refractivity contribution in [1.29, 1.82) is 0 Å². The Bertz CT molecular complexity index is 468. The minimum Gasteiger partial charge on any atom is -0.385 e. The van der Waals surface area contributed by atoms with Crippen LogP contribution in [0.25, 0.3) is 0 Å². The number of benzene rings is 1. The fourth-order valence-corrected chi connectivity index (χ4v) is 2.33. The summed E-state index contributed by atoms with van der Waals surface area (Å²) in [5, 5.41) is 13.0. The zero-order valence-electron chi connectivity index (χ0n) is 8.85. The summed E-state index contributed by atoms with van der Waals surface area (Å²) in [5.74, 6) is -0.336. The highest BCUT2D eigenvalue weighted by molar-refractivity contribution is 7.09. The molecule has 1 N–H and O–H groups in total. The van der Waals surface area contributed by atoms with Gasteiger partial charge in [0.25, 0.3) is 0 Å². The van der Waals surface area contributed by atoms with Gasteiger partial charge < -0.3 is 5.11 Å². The molecular weight excluding hydrogens is 225 g/mol. The lowest BCUT2D eigenvalue weighted by Crippen LogP contribution is -2.24. The first-order valence-corrected chi connectivity index (χ1v) is 5.83. The molecule has 2 aromatic rings. The standard InChI is InChI=1S/C12H12FNOS/c1-12(15,8-11-14-5-6-16-11)9-3-2-4-10(13)7-9/h2-7,15H,8H2,1H3. The number of hydrogen-bond donors (Lipinski definition) is 1. The van der Waals surface area contributed by atoms with Crippen molar-refractivity contribution in [2.45, 2.75) is 18.9 Å². The highest BCUT2D eigenvalue weighted by Crippen LogP contribution is 2.26. The van der Waals surface area contributed by atoms with E-state index >= 15 is 0 Å². The molecule has 84 valence electrons. The Balaban J connectivity index is 2.24. The second-order valence-electron chi connectivity index (χ2n) is 3.89. The first kappa shape index (κ1) is 11.2. The van der Waals surface area contributed by atoms with Crippen LogP contribution in [0.5, 0.6) is 0 Å². The van der Waals surface area contributed by atoms with Crippen LogP contribution >= 0.6 is 11.3 Å². The Labute approximate surface area is 97.4 Å². The molecule has 1 heterocycles. The van der Waals surface area contributed by atoms with Gasteiger partial charge >= 0.3 is 0 Å². The van der Waals surface area contributed by atoms with Gasteiger partial charge in [-0.25, -0.2) is 9.37 Å². The molecule has 0 bridgehead atoms. The van der Waals surface area contributed by atoms with Crippen molar-refractivity contribution >= 4 is 11.3 Å². The van der Waals surface area contributed by atoms with E-state index in [0.717, 1.165) is 5.01 Å². The van der Waals surface area contributed by atoms with E-state index in [1.807, 2.05) is 5.38 Å². The zero-order valence-corrected chi connectivity index (χ0v) is 9.67. The number of nitrogens with zero attached hydrogens (tertiary/aromatic N) is 1. The highest BCUT2D eigenvalue weighted by atomic mass is 32.1. The summed E-state index contributed by atoms with van der Waals surface area (Å²) in [6.07, 6.45) is 2.09. The molecule has 1 aromatic carbocycles. The van der Waals surface area contributed by atoms with Crippen LogP contribution in [0.4, 0.5) is 4.39 Å². The van der Waals surface area contributed by atoms with Gasteiger partial charge in [-0.15, -0.1) is 11.3 Å². The van der Waals surface area contributed by atoms with Crippen molar-refractivity contribution in [3.63, 3.8) is 0 Å². The summed E-state index contributed by atoms with van der Waals surface area (Å²) >= 11 is 1.48. The minimum absolute atomic E-state index is 0.336. The molecule has 1 aromatic heterocycles. The average molecular weight is 237 g/mol. The number of aliphatic hydroxyl groups is 1. The van der Waals surface area contributed by atoms with Crippen LogP contribution in [0.3, 0.4) is 0 Å². The predicted octanol–water partition coefficient (Wildman–Crippen LogP) is 2.73. The van der Waals surface area contributed by atoms with E-state index < -0.39 is 5.60 Å². The van der Waals surface area contributed by atoms with Crippen molar-refractivity contribution in [1.82, 2.24) is 4.98 Å². The summed E-state index contributed by atoms with van der Waals surface area (Å²) < 4.78 is 13.1. The molecule has 2 nitrogen and oxygen atoms in total. The zero-order chi connectivity index (χ0) is 11.6. The Morgan fingerprint density at radius 3 is 2.94 bits per heavy atom. The van der Waals surface area contributed by atoms with Crippen LogP contribution in [-0.4, -0.2) is 10.1 Å². The predicted molar refractivity (Wildman–Crippen MR) is 61.8 cm³/mol. The van der Waals surface area contributed by atoms with Gasteiger partial charge in [0.1, 0.15) is 5.82 Å². The van der Waals surface area contributed by atoms with E-state index in [0.29, 0.717) is 12.0 Å². The molecule has 1 atom stereocenters. The van der Waals surface area contributed by atoms with Crippen molar-refractivity contribution in [2.75, 3.05) is 0 Å². The minimum atomic E-state index is -1.08. The second kappa shape index (κ2) is 4.31. The SMILES string of the molecule is CC(O)(Cc1nccs1)c1cccc(F)c1. The molecule has 0 aliphatic heterocycles. The number of hydrogen-bond acceptors (Lipinski definition) is 3. The van der Waals surface area contributed by atoms with Gasteiger partial charge in [-0.1, -0.05) is 12.1 Å². The van der Waals surface area contributed by atoms with Gasteiger partial charge in [-0.3, -0.25) is 0 Å². The van der Waals surface area contributed by atoms with E-state index in [4.69, 9.17) is 0 Å². The molecule has 0 radical (unpaired) electrons. The molecule has 2 rings (SSSR count). The number of halogens is 1. The molecule has 0 aliphatic carbocycles. The third-order valence-corrected chi connectivity index (χ3v) is 3.21. The maximum absolute atomic E-state index is 13.1. The second-order valence-corrected chi connectivity index (χ2v) is 4.87.